The monoisotopic (exact) mass is 380 g/mol. The van der Waals surface area contributed by atoms with Gasteiger partial charge in [-0.1, -0.05) is 19.1 Å². The van der Waals surface area contributed by atoms with Gasteiger partial charge in [0, 0.05) is 17.5 Å². The first-order valence-electron chi connectivity index (χ1n) is 8.52. The number of carbonyl (C=O) groups excluding carboxylic acids is 1. The number of benzene rings is 2. The second-order valence-corrected chi connectivity index (χ2v) is 7.12. The molecule has 1 amide bonds. The van der Waals surface area contributed by atoms with E-state index < -0.39 is 0 Å². The van der Waals surface area contributed by atoms with Crippen LogP contribution < -0.4 is 5.32 Å². The Bertz CT molecular complexity index is 1090. The van der Waals surface area contributed by atoms with Crippen molar-refractivity contribution >= 4 is 34.0 Å². The molecule has 2 aromatic heterocycles. The van der Waals surface area contributed by atoms with Crippen LogP contribution >= 0.6 is 11.3 Å². The van der Waals surface area contributed by atoms with Gasteiger partial charge in [-0.2, -0.15) is 0 Å². The number of aromatic amines is 1. The van der Waals surface area contributed by atoms with Gasteiger partial charge in [-0.05, 0) is 41.8 Å². The van der Waals surface area contributed by atoms with Crippen molar-refractivity contribution in [2.45, 2.75) is 19.3 Å². The van der Waals surface area contributed by atoms with Gasteiger partial charge in [-0.3, -0.25) is 4.79 Å². The highest BCUT2D eigenvalue weighted by atomic mass is 32.1. The minimum absolute atomic E-state index is 0.0777. The number of imidazole rings is 1. The van der Waals surface area contributed by atoms with Crippen LogP contribution in [0.1, 0.15) is 24.8 Å². The molecule has 0 bridgehead atoms. The number of carbonyl (C=O) groups is 1. The zero-order valence-electron chi connectivity index (χ0n) is 14.6. The number of hydrogen-bond acceptors (Lipinski definition) is 4. The molecule has 0 spiro atoms. The summed E-state index contributed by atoms with van der Waals surface area (Å²) in [6, 6.07) is 11.9. The van der Waals surface area contributed by atoms with Crippen LogP contribution in [0.2, 0.25) is 0 Å². The van der Waals surface area contributed by atoms with Crippen molar-refractivity contribution in [2.24, 2.45) is 0 Å². The van der Waals surface area contributed by atoms with Crippen molar-refractivity contribution in [1.29, 1.82) is 0 Å². The molecular formula is C20H17FN4OS. The molecule has 0 fully saturated rings. The molecule has 0 saturated carbocycles. The van der Waals surface area contributed by atoms with Crippen LogP contribution in [0.3, 0.4) is 0 Å². The number of nitrogens with zero attached hydrogens (tertiary/aromatic N) is 2. The summed E-state index contributed by atoms with van der Waals surface area (Å²) in [5.74, 6) is 0.210. The van der Waals surface area contributed by atoms with E-state index in [1.807, 2.05) is 36.6 Å². The highest BCUT2D eigenvalue weighted by molar-refractivity contribution is 7.07. The van der Waals surface area contributed by atoms with Crippen molar-refractivity contribution in [1.82, 2.24) is 15.0 Å². The number of aromatic nitrogens is 3. The third kappa shape index (κ3) is 3.88. The fourth-order valence-corrected chi connectivity index (χ4v) is 3.49. The predicted octanol–water partition coefficient (Wildman–Crippen LogP) is 4.96. The molecule has 0 saturated heterocycles. The van der Waals surface area contributed by atoms with Crippen LogP contribution in [-0.2, 0) is 4.79 Å². The topological polar surface area (TPSA) is 70.7 Å². The molecule has 1 atom stereocenters. The van der Waals surface area contributed by atoms with Gasteiger partial charge in [0.25, 0.3) is 0 Å². The van der Waals surface area contributed by atoms with Gasteiger partial charge in [0.1, 0.15) is 11.5 Å². The van der Waals surface area contributed by atoms with Crippen molar-refractivity contribution < 1.29 is 9.18 Å². The van der Waals surface area contributed by atoms with E-state index in [2.05, 4.69) is 20.3 Å². The largest absolute Gasteiger partial charge is 0.337 e. The second-order valence-electron chi connectivity index (χ2n) is 6.40. The maximum absolute atomic E-state index is 13.3. The van der Waals surface area contributed by atoms with E-state index in [1.54, 1.807) is 11.6 Å². The maximum Gasteiger partial charge on any atom is 0.224 e. The summed E-state index contributed by atoms with van der Waals surface area (Å²) < 4.78 is 13.3. The number of nitrogens with one attached hydrogen (secondary N) is 2. The number of halogens is 1. The Morgan fingerprint density at radius 1 is 1.30 bits per heavy atom. The second kappa shape index (κ2) is 7.28. The predicted molar refractivity (Wildman–Crippen MR) is 105 cm³/mol. The highest BCUT2D eigenvalue weighted by Gasteiger charge is 2.13. The Hall–Kier alpha value is -3.06. The fraction of sp³-hybridized carbons (Fsp3) is 0.150. The molecule has 4 rings (SSSR count). The van der Waals surface area contributed by atoms with Crippen LogP contribution in [0.4, 0.5) is 10.1 Å². The SMILES string of the molecule is CC(CC(=O)Nc1ccc2[nH]c(-c3cscn3)nc2c1)c1cccc(F)c1. The van der Waals surface area contributed by atoms with Gasteiger partial charge >= 0.3 is 0 Å². The van der Waals surface area contributed by atoms with Crippen LogP contribution in [0.15, 0.2) is 53.4 Å². The van der Waals surface area contributed by atoms with E-state index >= 15 is 0 Å². The van der Waals surface area contributed by atoms with E-state index in [0.29, 0.717) is 11.5 Å². The zero-order valence-corrected chi connectivity index (χ0v) is 15.4. The number of H-pyrrole nitrogens is 1. The van der Waals surface area contributed by atoms with E-state index in [-0.39, 0.29) is 24.1 Å². The molecule has 0 aliphatic carbocycles. The summed E-state index contributed by atoms with van der Waals surface area (Å²) in [5.41, 5.74) is 5.67. The standard InChI is InChI=1S/C20H17FN4OS/c1-12(13-3-2-4-14(21)8-13)7-19(26)23-15-5-6-16-17(9-15)25-20(24-16)18-10-27-11-22-18/h2-6,8-12H,7H2,1H3,(H,23,26)(H,24,25). The first kappa shape index (κ1) is 17.4. The molecule has 27 heavy (non-hydrogen) atoms. The normalized spacial score (nSPS) is 12.2. The van der Waals surface area contributed by atoms with Crippen molar-refractivity contribution in [2.75, 3.05) is 5.32 Å². The first-order chi connectivity index (χ1) is 13.1. The molecule has 7 heteroatoms. The molecule has 2 aromatic carbocycles. The fourth-order valence-electron chi connectivity index (χ4n) is 2.96. The third-order valence-electron chi connectivity index (χ3n) is 4.35. The van der Waals surface area contributed by atoms with Gasteiger partial charge in [-0.25, -0.2) is 14.4 Å². The average Bonchev–Trinajstić information content (AvgIpc) is 3.30. The Labute approximate surface area is 159 Å². The Balaban J connectivity index is 1.47. The zero-order chi connectivity index (χ0) is 18.8. The molecule has 0 aliphatic heterocycles. The summed E-state index contributed by atoms with van der Waals surface area (Å²) in [5, 5.41) is 4.82. The molecule has 2 heterocycles. The van der Waals surface area contributed by atoms with Crippen molar-refractivity contribution in [3.63, 3.8) is 0 Å². The molecule has 5 nitrogen and oxygen atoms in total. The van der Waals surface area contributed by atoms with E-state index in [0.717, 1.165) is 22.3 Å². The van der Waals surface area contributed by atoms with E-state index in [9.17, 15) is 9.18 Å². The summed E-state index contributed by atoms with van der Waals surface area (Å²) in [6.07, 6.45) is 0.270. The summed E-state index contributed by atoms with van der Waals surface area (Å²) in [4.78, 5) is 24.4. The molecule has 0 aliphatic rings. The number of amides is 1. The van der Waals surface area contributed by atoms with Crippen molar-refractivity contribution in [3.05, 3.63) is 64.7 Å². The Morgan fingerprint density at radius 2 is 2.19 bits per heavy atom. The molecule has 2 N–H and O–H groups in total. The number of thiazole rings is 1. The van der Waals surface area contributed by atoms with Crippen LogP contribution in [-0.4, -0.2) is 20.9 Å². The lowest BCUT2D eigenvalue weighted by molar-refractivity contribution is -0.116. The van der Waals surface area contributed by atoms with Crippen LogP contribution in [0, 0.1) is 5.82 Å². The Morgan fingerprint density at radius 3 is 2.96 bits per heavy atom. The number of hydrogen-bond donors (Lipinski definition) is 2. The quantitative estimate of drug-likeness (QED) is 0.514. The van der Waals surface area contributed by atoms with E-state index in [4.69, 9.17) is 0 Å². The first-order valence-corrected chi connectivity index (χ1v) is 9.46. The van der Waals surface area contributed by atoms with Crippen LogP contribution in [0.25, 0.3) is 22.6 Å². The summed E-state index contributed by atoms with van der Waals surface area (Å²) in [7, 11) is 0. The molecule has 1 unspecified atom stereocenters. The molecular weight excluding hydrogens is 363 g/mol. The lowest BCUT2D eigenvalue weighted by Crippen LogP contribution is -2.14. The van der Waals surface area contributed by atoms with Crippen molar-refractivity contribution in [3.8, 4) is 11.5 Å². The highest BCUT2D eigenvalue weighted by Crippen LogP contribution is 2.24. The average molecular weight is 380 g/mol. The third-order valence-corrected chi connectivity index (χ3v) is 4.94. The summed E-state index contributed by atoms with van der Waals surface area (Å²) in [6.45, 7) is 1.91. The van der Waals surface area contributed by atoms with Gasteiger partial charge < -0.3 is 10.3 Å². The van der Waals surface area contributed by atoms with E-state index in [1.165, 1.54) is 23.5 Å². The number of anilines is 1. The molecule has 136 valence electrons. The molecule has 4 aromatic rings. The summed E-state index contributed by atoms with van der Waals surface area (Å²) >= 11 is 1.51. The minimum atomic E-state index is -0.292. The lowest BCUT2D eigenvalue weighted by atomic mass is 9.97. The van der Waals surface area contributed by atoms with Gasteiger partial charge in [-0.15, -0.1) is 11.3 Å². The lowest BCUT2D eigenvalue weighted by Gasteiger charge is -2.12. The minimum Gasteiger partial charge on any atom is -0.337 e. The number of fused-ring (bicyclic) bond motifs is 1. The van der Waals surface area contributed by atoms with Gasteiger partial charge in [0.05, 0.1) is 16.5 Å². The van der Waals surface area contributed by atoms with Gasteiger partial charge in [0.15, 0.2) is 5.82 Å². The maximum atomic E-state index is 13.3. The smallest absolute Gasteiger partial charge is 0.224 e. The Kier molecular flexibility index (Phi) is 4.68. The van der Waals surface area contributed by atoms with Gasteiger partial charge in [0.2, 0.25) is 5.91 Å². The number of rotatable bonds is 5. The molecule has 0 radical (unpaired) electrons. The van der Waals surface area contributed by atoms with Crippen LogP contribution in [0.5, 0.6) is 0 Å².